The van der Waals surface area contributed by atoms with Crippen molar-refractivity contribution < 1.29 is 4.74 Å². The van der Waals surface area contributed by atoms with Crippen molar-refractivity contribution in [3.8, 4) is 23.1 Å². The third-order valence-corrected chi connectivity index (χ3v) is 3.28. The SMILES string of the molecule is N#Cc1nc(-c2cccc(OCc3ccccc3)c2)cnc1N. The van der Waals surface area contributed by atoms with Crippen LogP contribution in [0.4, 0.5) is 5.82 Å². The van der Waals surface area contributed by atoms with Crippen molar-refractivity contribution in [2.45, 2.75) is 6.61 Å². The summed E-state index contributed by atoms with van der Waals surface area (Å²) in [7, 11) is 0. The normalized spacial score (nSPS) is 10.0. The molecular formula is C18H14N4O. The monoisotopic (exact) mass is 302 g/mol. The van der Waals surface area contributed by atoms with Crippen LogP contribution in [0.2, 0.25) is 0 Å². The maximum atomic E-state index is 9.00. The number of anilines is 1. The Kier molecular flexibility index (Phi) is 4.16. The lowest BCUT2D eigenvalue weighted by atomic mass is 10.1. The molecule has 0 unspecified atom stereocenters. The highest BCUT2D eigenvalue weighted by molar-refractivity contribution is 5.62. The van der Waals surface area contributed by atoms with Crippen molar-refractivity contribution in [1.82, 2.24) is 9.97 Å². The minimum Gasteiger partial charge on any atom is -0.489 e. The van der Waals surface area contributed by atoms with E-state index in [1.807, 2.05) is 60.7 Å². The van der Waals surface area contributed by atoms with Crippen molar-refractivity contribution >= 4 is 5.82 Å². The molecule has 0 amide bonds. The summed E-state index contributed by atoms with van der Waals surface area (Å²) in [6.45, 7) is 0.487. The number of benzene rings is 2. The molecule has 0 radical (unpaired) electrons. The number of nitriles is 1. The Balaban J connectivity index is 1.81. The van der Waals surface area contributed by atoms with Gasteiger partial charge in [0.05, 0.1) is 11.9 Å². The van der Waals surface area contributed by atoms with Gasteiger partial charge in [0.25, 0.3) is 0 Å². The molecule has 1 aromatic heterocycles. The van der Waals surface area contributed by atoms with Crippen LogP contribution in [0.3, 0.4) is 0 Å². The minimum atomic E-state index is 0.123. The second kappa shape index (κ2) is 6.58. The molecule has 0 aliphatic carbocycles. The molecule has 0 aliphatic heterocycles. The standard InChI is InChI=1S/C18H14N4O/c19-10-16-18(20)21-11-17(22-16)14-7-4-8-15(9-14)23-12-13-5-2-1-3-6-13/h1-9,11H,12H2,(H2,20,21). The Morgan fingerprint density at radius 2 is 1.91 bits per heavy atom. The van der Waals surface area contributed by atoms with E-state index in [9.17, 15) is 0 Å². The van der Waals surface area contributed by atoms with Crippen molar-refractivity contribution in [1.29, 1.82) is 5.26 Å². The molecule has 0 spiro atoms. The Hall–Kier alpha value is -3.39. The van der Waals surface area contributed by atoms with Crippen molar-refractivity contribution in [3.05, 3.63) is 72.1 Å². The molecule has 5 heteroatoms. The van der Waals surface area contributed by atoms with Gasteiger partial charge in [0.2, 0.25) is 0 Å². The summed E-state index contributed by atoms with van der Waals surface area (Å²) in [5.74, 6) is 0.858. The quantitative estimate of drug-likeness (QED) is 0.800. The average Bonchev–Trinajstić information content (AvgIpc) is 2.61. The second-order valence-corrected chi connectivity index (χ2v) is 4.90. The molecule has 23 heavy (non-hydrogen) atoms. The van der Waals surface area contributed by atoms with Crippen LogP contribution in [0, 0.1) is 11.3 Å². The lowest BCUT2D eigenvalue weighted by Crippen LogP contribution is -1.99. The van der Waals surface area contributed by atoms with Gasteiger partial charge in [-0.25, -0.2) is 9.97 Å². The summed E-state index contributed by atoms with van der Waals surface area (Å²) < 4.78 is 5.80. The van der Waals surface area contributed by atoms with E-state index >= 15 is 0 Å². The molecule has 1 heterocycles. The maximum absolute atomic E-state index is 9.00. The zero-order chi connectivity index (χ0) is 16.1. The van der Waals surface area contributed by atoms with Gasteiger partial charge in [-0.3, -0.25) is 0 Å². The predicted molar refractivity (Wildman–Crippen MR) is 87.4 cm³/mol. The fraction of sp³-hybridized carbons (Fsp3) is 0.0556. The number of ether oxygens (including phenoxy) is 1. The molecule has 2 N–H and O–H groups in total. The molecule has 0 saturated heterocycles. The van der Waals surface area contributed by atoms with Crippen LogP contribution in [-0.4, -0.2) is 9.97 Å². The van der Waals surface area contributed by atoms with Gasteiger partial charge in [-0.1, -0.05) is 42.5 Å². The highest BCUT2D eigenvalue weighted by atomic mass is 16.5. The van der Waals surface area contributed by atoms with E-state index in [-0.39, 0.29) is 11.5 Å². The first-order chi connectivity index (χ1) is 11.3. The van der Waals surface area contributed by atoms with Crippen molar-refractivity contribution in [2.75, 3.05) is 5.73 Å². The van der Waals surface area contributed by atoms with Gasteiger partial charge in [-0.05, 0) is 17.7 Å². The lowest BCUT2D eigenvalue weighted by molar-refractivity contribution is 0.306. The van der Waals surface area contributed by atoms with Crippen molar-refractivity contribution in [3.63, 3.8) is 0 Å². The maximum Gasteiger partial charge on any atom is 0.183 e. The lowest BCUT2D eigenvalue weighted by Gasteiger charge is -2.08. The second-order valence-electron chi connectivity index (χ2n) is 4.90. The molecule has 0 atom stereocenters. The molecule has 112 valence electrons. The highest BCUT2D eigenvalue weighted by Gasteiger charge is 2.07. The van der Waals surface area contributed by atoms with E-state index in [0.29, 0.717) is 12.3 Å². The van der Waals surface area contributed by atoms with E-state index in [1.54, 1.807) is 6.20 Å². The molecule has 3 rings (SSSR count). The predicted octanol–water partition coefficient (Wildman–Crippen LogP) is 3.18. The summed E-state index contributed by atoms with van der Waals surface area (Å²) in [6, 6.07) is 19.4. The number of nitrogens with two attached hydrogens (primary N) is 1. The molecule has 0 fully saturated rings. The van der Waals surface area contributed by atoms with Gasteiger partial charge in [-0.15, -0.1) is 0 Å². The Morgan fingerprint density at radius 3 is 2.70 bits per heavy atom. The van der Waals surface area contributed by atoms with E-state index in [2.05, 4.69) is 9.97 Å². The van der Waals surface area contributed by atoms with Gasteiger partial charge in [0.15, 0.2) is 11.5 Å². The van der Waals surface area contributed by atoms with E-state index in [0.717, 1.165) is 16.9 Å². The third-order valence-electron chi connectivity index (χ3n) is 3.28. The van der Waals surface area contributed by atoms with Gasteiger partial charge < -0.3 is 10.5 Å². The van der Waals surface area contributed by atoms with Gasteiger partial charge in [-0.2, -0.15) is 5.26 Å². The minimum absolute atomic E-state index is 0.123. The number of hydrogen-bond acceptors (Lipinski definition) is 5. The Labute approximate surface area is 134 Å². The van der Waals surface area contributed by atoms with Crippen LogP contribution in [0.5, 0.6) is 5.75 Å². The molecule has 2 aromatic carbocycles. The van der Waals surface area contributed by atoms with Crippen LogP contribution >= 0.6 is 0 Å². The largest absolute Gasteiger partial charge is 0.489 e. The number of aromatic nitrogens is 2. The fourth-order valence-corrected chi connectivity index (χ4v) is 2.11. The first kappa shape index (κ1) is 14.5. The van der Waals surface area contributed by atoms with Crippen LogP contribution in [0.25, 0.3) is 11.3 Å². The average molecular weight is 302 g/mol. The van der Waals surface area contributed by atoms with Crippen LogP contribution in [0.1, 0.15) is 11.3 Å². The molecular weight excluding hydrogens is 288 g/mol. The first-order valence-electron chi connectivity index (χ1n) is 7.06. The molecule has 0 saturated carbocycles. The number of nitrogen functional groups attached to an aromatic ring is 1. The Bertz CT molecular complexity index is 856. The van der Waals surface area contributed by atoms with Gasteiger partial charge in [0, 0.05) is 5.56 Å². The summed E-state index contributed by atoms with van der Waals surface area (Å²) >= 11 is 0. The summed E-state index contributed by atoms with van der Waals surface area (Å²) in [6.07, 6.45) is 1.55. The smallest absolute Gasteiger partial charge is 0.183 e. The highest BCUT2D eigenvalue weighted by Crippen LogP contribution is 2.23. The summed E-state index contributed by atoms with van der Waals surface area (Å²) in [5, 5.41) is 9.00. The molecule has 0 bridgehead atoms. The zero-order valence-electron chi connectivity index (χ0n) is 12.3. The Morgan fingerprint density at radius 1 is 1.09 bits per heavy atom. The third kappa shape index (κ3) is 3.44. The van der Waals surface area contributed by atoms with Crippen LogP contribution in [-0.2, 0) is 6.61 Å². The van der Waals surface area contributed by atoms with Crippen molar-refractivity contribution in [2.24, 2.45) is 0 Å². The number of nitrogens with zero attached hydrogens (tertiary/aromatic N) is 3. The molecule has 0 aliphatic rings. The van der Waals surface area contributed by atoms with E-state index in [4.69, 9.17) is 15.7 Å². The number of hydrogen-bond donors (Lipinski definition) is 1. The molecule has 3 aromatic rings. The summed E-state index contributed by atoms with van der Waals surface area (Å²) in [4.78, 5) is 8.22. The van der Waals surface area contributed by atoms with E-state index in [1.165, 1.54) is 0 Å². The topological polar surface area (TPSA) is 84.8 Å². The zero-order valence-corrected chi connectivity index (χ0v) is 12.3. The van der Waals surface area contributed by atoms with Gasteiger partial charge >= 0.3 is 0 Å². The van der Waals surface area contributed by atoms with Crippen LogP contribution < -0.4 is 10.5 Å². The molecule has 5 nitrogen and oxygen atoms in total. The first-order valence-corrected chi connectivity index (χ1v) is 7.06. The van der Waals surface area contributed by atoms with Gasteiger partial charge in [0.1, 0.15) is 18.4 Å². The van der Waals surface area contributed by atoms with E-state index < -0.39 is 0 Å². The van der Waals surface area contributed by atoms with Crippen LogP contribution in [0.15, 0.2) is 60.8 Å². The summed E-state index contributed by atoms with van der Waals surface area (Å²) in [5.41, 5.74) is 8.22. The number of rotatable bonds is 4. The fourth-order valence-electron chi connectivity index (χ4n) is 2.11.